The van der Waals surface area contributed by atoms with Crippen LogP contribution in [0.5, 0.6) is 5.75 Å². The quantitative estimate of drug-likeness (QED) is 0.875. The van der Waals surface area contributed by atoms with E-state index in [1.54, 1.807) is 0 Å². The molecule has 3 nitrogen and oxygen atoms in total. The number of hydrogen-bond acceptors (Lipinski definition) is 3. The maximum Gasteiger partial charge on any atom is 0.134 e. The molecule has 0 radical (unpaired) electrons. The maximum atomic E-state index is 5.74. The summed E-state index contributed by atoms with van der Waals surface area (Å²) in [6, 6.07) is 12.1. The second-order valence-electron chi connectivity index (χ2n) is 4.64. The molecule has 0 amide bonds. The maximum absolute atomic E-state index is 5.74. The molecule has 0 atom stereocenters. The molecule has 0 aliphatic heterocycles. The molecule has 3 heteroatoms. The molecule has 1 aliphatic rings. The normalized spacial score (nSPS) is 14.7. The Hall–Kier alpha value is -1.74. The van der Waals surface area contributed by atoms with Gasteiger partial charge in [-0.05, 0) is 56.3 Å². The van der Waals surface area contributed by atoms with Gasteiger partial charge in [0.05, 0.1) is 12.6 Å². The van der Waals surface area contributed by atoms with Gasteiger partial charge in [-0.15, -0.1) is 0 Å². The lowest BCUT2D eigenvalue weighted by molar-refractivity contribution is 0.303. The van der Waals surface area contributed by atoms with E-state index in [1.165, 1.54) is 12.8 Å². The number of hydrogen-bond donors (Lipinski definition) is 1. The predicted molar refractivity (Wildman–Crippen MR) is 70.6 cm³/mol. The monoisotopic (exact) mass is 243 g/mol. The predicted octanol–water partition coefficient (Wildman–Crippen LogP) is 3.21. The van der Waals surface area contributed by atoms with Gasteiger partial charge >= 0.3 is 0 Å². The van der Waals surface area contributed by atoms with Gasteiger partial charge in [0.15, 0.2) is 0 Å². The highest BCUT2D eigenvalue weighted by Gasteiger charge is 2.23. The fourth-order valence-corrected chi connectivity index (χ4v) is 1.88. The Morgan fingerprint density at radius 2 is 1.94 bits per heavy atom. The zero-order valence-corrected chi connectivity index (χ0v) is 10.5. The highest BCUT2D eigenvalue weighted by atomic mass is 16.5. The van der Waals surface area contributed by atoms with Crippen molar-refractivity contribution in [1.29, 1.82) is 0 Å². The molecule has 1 saturated carbocycles. The van der Waals surface area contributed by atoms with Crippen molar-refractivity contribution in [2.24, 2.45) is 0 Å². The van der Waals surface area contributed by atoms with Crippen LogP contribution in [0.25, 0.3) is 11.3 Å². The van der Waals surface area contributed by atoms with Crippen molar-refractivity contribution >= 4 is 0 Å². The zero-order chi connectivity index (χ0) is 12.4. The van der Waals surface area contributed by atoms with E-state index >= 15 is 0 Å². The summed E-state index contributed by atoms with van der Waals surface area (Å²) in [6.07, 6.45) is 2.82. The molecule has 0 bridgehead atoms. The Kier molecular flexibility index (Phi) is 3.07. The molecule has 0 spiro atoms. The lowest BCUT2D eigenvalue weighted by Crippen LogP contribution is -2.03. The molecule has 3 rings (SSSR count). The summed E-state index contributed by atoms with van der Waals surface area (Å²) in [7, 11) is 1.91. The summed E-state index contributed by atoms with van der Waals surface area (Å²) in [4.78, 5) is 0. The molecule has 1 aliphatic carbocycles. The van der Waals surface area contributed by atoms with Crippen LogP contribution in [0.1, 0.15) is 18.6 Å². The average Bonchev–Trinajstić information content (AvgIpc) is 3.07. The van der Waals surface area contributed by atoms with E-state index in [0.717, 1.165) is 29.4 Å². The minimum absolute atomic E-state index is 0.446. The summed E-state index contributed by atoms with van der Waals surface area (Å²) in [5.41, 5.74) is 1.08. The topological polar surface area (TPSA) is 34.4 Å². The van der Waals surface area contributed by atoms with Crippen molar-refractivity contribution in [1.82, 2.24) is 5.32 Å². The number of benzene rings is 1. The van der Waals surface area contributed by atoms with Crippen LogP contribution in [0.2, 0.25) is 0 Å². The largest absolute Gasteiger partial charge is 0.490 e. The fourth-order valence-electron chi connectivity index (χ4n) is 1.88. The molecule has 1 aromatic carbocycles. The third-order valence-electron chi connectivity index (χ3n) is 2.98. The van der Waals surface area contributed by atoms with Gasteiger partial charge in [0.2, 0.25) is 0 Å². The van der Waals surface area contributed by atoms with Crippen molar-refractivity contribution in [2.45, 2.75) is 25.5 Å². The SMILES string of the molecule is CNCc1ccc(-c2ccc(OC3CC3)cc2)o1. The van der Waals surface area contributed by atoms with Gasteiger partial charge in [-0.2, -0.15) is 0 Å². The molecule has 0 unspecified atom stereocenters. The van der Waals surface area contributed by atoms with E-state index in [4.69, 9.17) is 9.15 Å². The molecule has 1 fully saturated rings. The van der Waals surface area contributed by atoms with Crippen LogP contribution in [0.4, 0.5) is 0 Å². The zero-order valence-electron chi connectivity index (χ0n) is 10.5. The summed E-state index contributed by atoms with van der Waals surface area (Å²) in [5, 5.41) is 3.07. The second kappa shape index (κ2) is 4.86. The highest BCUT2D eigenvalue weighted by molar-refractivity contribution is 5.58. The lowest BCUT2D eigenvalue weighted by Gasteiger charge is -2.04. The van der Waals surface area contributed by atoms with Gasteiger partial charge in [0.1, 0.15) is 17.3 Å². The smallest absolute Gasteiger partial charge is 0.134 e. The van der Waals surface area contributed by atoms with E-state index in [1.807, 2.05) is 43.4 Å². The van der Waals surface area contributed by atoms with Crippen molar-refractivity contribution in [3.63, 3.8) is 0 Å². The molecule has 0 saturated heterocycles. The summed E-state index contributed by atoms with van der Waals surface area (Å²) < 4.78 is 11.5. The summed E-state index contributed by atoms with van der Waals surface area (Å²) in [5.74, 6) is 2.80. The number of ether oxygens (including phenoxy) is 1. The third-order valence-corrected chi connectivity index (χ3v) is 2.98. The third kappa shape index (κ3) is 2.57. The van der Waals surface area contributed by atoms with Crippen LogP contribution in [-0.2, 0) is 6.54 Å². The Balaban J connectivity index is 1.73. The average molecular weight is 243 g/mol. The Morgan fingerprint density at radius 3 is 2.61 bits per heavy atom. The molecule has 1 N–H and O–H groups in total. The first-order chi connectivity index (χ1) is 8.85. The van der Waals surface area contributed by atoms with E-state index in [-0.39, 0.29) is 0 Å². The Bertz CT molecular complexity index is 512. The van der Waals surface area contributed by atoms with Crippen LogP contribution in [0.15, 0.2) is 40.8 Å². The minimum atomic E-state index is 0.446. The van der Waals surface area contributed by atoms with Crippen molar-refractivity contribution in [3.05, 3.63) is 42.2 Å². The molecule has 2 aromatic rings. The lowest BCUT2D eigenvalue weighted by atomic mass is 10.2. The Labute approximate surface area is 107 Å². The molecular weight excluding hydrogens is 226 g/mol. The summed E-state index contributed by atoms with van der Waals surface area (Å²) >= 11 is 0. The van der Waals surface area contributed by atoms with E-state index in [2.05, 4.69) is 5.32 Å². The van der Waals surface area contributed by atoms with Crippen molar-refractivity contribution < 1.29 is 9.15 Å². The first kappa shape index (κ1) is 11.4. The van der Waals surface area contributed by atoms with Gasteiger partial charge in [-0.1, -0.05) is 0 Å². The van der Waals surface area contributed by atoms with Crippen LogP contribution in [-0.4, -0.2) is 13.2 Å². The van der Waals surface area contributed by atoms with Gasteiger partial charge in [-0.3, -0.25) is 0 Å². The molecular formula is C15H17NO2. The molecule has 94 valence electrons. The Morgan fingerprint density at radius 1 is 1.17 bits per heavy atom. The minimum Gasteiger partial charge on any atom is -0.490 e. The molecule has 18 heavy (non-hydrogen) atoms. The molecule has 1 aromatic heterocycles. The second-order valence-corrected chi connectivity index (χ2v) is 4.64. The molecule has 1 heterocycles. The number of nitrogens with one attached hydrogen (secondary N) is 1. The van der Waals surface area contributed by atoms with E-state index in [9.17, 15) is 0 Å². The highest BCUT2D eigenvalue weighted by Crippen LogP contribution is 2.29. The van der Waals surface area contributed by atoms with Crippen molar-refractivity contribution in [2.75, 3.05) is 7.05 Å². The van der Waals surface area contributed by atoms with Crippen molar-refractivity contribution in [3.8, 4) is 17.1 Å². The fraction of sp³-hybridized carbons (Fsp3) is 0.333. The first-order valence-corrected chi connectivity index (χ1v) is 6.35. The number of rotatable bonds is 5. The van der Waals surface area contributed by atoms with Gasteiger partial charge < -0.3 is 14.5 Å². The van der Waals surface area contributed by atoms with Crippen LogP contribution in [0.3, 0.4) is 0 Å². The first-order valence-electron chi connectivity index (χ1n) is 6.35. The van der Waals surface area contributed by atoms with E-state index < -0.39 is 0 Å². The van der Waals surface area contributed by atoms with E-state index in [0.29, 0.717) is 6.10 Å². The van der Waals surface area contributed by atoms with Gasteiger partial charge in [-0.25, -0.2) is 0 Å². The van der Waals surface area contributed by atoms with Crippen LogP contribution in [0, 0.1) is 0 Å². The van der Waals surface area contributed by atoms with Crippen LogP contribution >= 0.6 is 0 Å². The number of furan rings is 1. The van der Waals surface area contributed by atoms with Gasteiger partial charge in [0, 0.05) is 5.56 Å². The van der Waals surface area contributed by atoms with Crippen LogP contribution < -0.4 is 10.1 Å². The summed E-state index contributed by atoms with van der Waals surface area (Å²) in [6.45, 7) is 0.753. The standard InChI is InChI=1S/C15H17NO2/c1-16-10-14-8-9-15(18-14)11-2-4-12(5-3-11)17-13-6-7-13/h2-5,8-9,13,16H,6-7,10H2,1H3. The van der Waals surface area contributed by atoms with Gasteiger partial charge in [0.25, 0.3) is 0 Å².